The van der Waals surface area contributed by atoms with Crippen LogP contribution in [0.15, 0.2) is 48.7 Å². The second kappa shape index (κ2) is 5.46. The number of para-hydroxylation sites is 1. The molecular weight excluding hydrogens is 387 g/mol. The first kappa shape index (κ1) is 13.5. The van der Waals surface area contributed by atoms with Gasteiger partial charge in [0.1, 0.15) is 0 Å². The summed E-state index contributed by atoms with van der Waals surface area (Å²) in [6.45, 7) is 0. The summed E-state index contributed by atoms with van der Waals surface area (Å²) < 4.78 is 1.03. The SMILES string of the molecule is O=C(Nc1ccc(I)cc1Cl)c1c[nH]c2ccccc12. The van der Waals surface area contributed by atoms with Crippen LogP contribution in [0.25, 0.3) is 10.9 Å². The molecule has 0 fully saturated rings. The number of H-pyrrole nitrogens is 1. The second-order valence-corrected chi connectivity index (χ2v) is 5.98. The minimum Gasteiger partial charge on any atom is -0.360 e. The van der Waals surface area contributed by atoms with Gasteiger partial charge in [0.25, 0.3) is 5.91 Å². The highest BCUT2D eigenvalue weighted by Crippen LogP contribution is 2.25. The quantitative estimate of drug-likeness (QED) is 0.607. The van der Waals surface area contributed by atoms with Gasteiger partial charge in [-0.2, -0.15) is 0 Å². The van der Waals surface area contributed by atoms with Gasteiger partial charge in [-0.05, 0) is 46.9 Å². The molecule has 5 heteroatoms. The summed E-state index contributed by atoms with van der Waals surface area (Å²) in [5.74, 6) is -0.175. The van der Waals surface area contributed by atoms with Gasteiger partial charge in [-0.25, -0.2) is 0 Å². The molecule has 0 aliphatic carbocycles. The number of hydrogen-bond donors (Lipinski definition) is 2. The van der Waals surface area contributed by atoms with Crippen LogP contribution in [0.3, 0.4) is 0 Å². The number of aromatic amines is 1. The van der Waals surface area contributed by atoms with Gasteiger partial charge in [0.2, 0.25) is 0 Å². The molecule has 0 aliphatic rings. The highest BCUT2D eigenvalue weighted by Gasteiger charge is 2.13. The van der Waals surface area contributed by atoms with Gasteiger partial charge in [0, 0.05) is 20.7 Å². The van der Waals surface area contributed by atoms with Crippen molar-refractivity contribution in [3.05, 3.63) is 62.8 Å². The number of fused-ring (bicyclic) bond motifs is 1. The first-order valence-electron chi connectivity index (χ1n) is 5.97. The van der Waals surface area contributed by atoms with Gasteiger partial charge in [0.15, 0.2) is 0 Å². The maximum absolute atomic E-state index is 12.3. The molecule has 0 saturated carbocycles. The van der Waals surface area contributed by atoms with Crippen molar-refractivity contribution >= 4 is 56.7 Å². The molecule has 2 aromatic carbocycles. The van der Waals surface area contributed by atoms with Gasteiger partial charge in [-0.1, -0.05) is 29.8 Å². The molecule has 1 amide bonds. The Hall–Kier alpha value is -1.53. The first-order valence-corrected chi connectivity index (χ1v) is 7.43. The topological polar surface area (TPSA) is 44.9 Å². The Morgan fingerprint density at radius 2 is 2.00 bits per heavy atom. The molecule has 0 spiro atoms. The van der Waals surface area contributed by atoms with Crippen LogP contribution >= 0.6 is 34.2 Å². The Balaban J connectivity index is 1.93. The van der Waals surface area contributed by atoms with Crippen molar-refractivity contribution < 1.29 is 4.79 Å². The van der Waals surface area contributed by atoms with Crippen molar-refractivity contribution in [2.75, 3.05) is 5.32 Å². The largest absolute Gasteiger partial charge is 0.360 e. The van der Waals surface area contributed by atoms with E-state index in [2.05, 4.69) is 32.9 Å². The molecule has 2 N–H and O–H groups in total. The maximum atomic E-state index is 12.3. The average molecular weight is 397 g/mol. The third kappa shape index (κ3) is 2.53. The zero-order chi connectivity index (χ0) is 14.1. The first-order chi connectivity index (χ1) is 9.65. The minimum atomic E-state index is -0.175. The van der Waals surface area contributed by atoms with Crippen molar-refractivity contribution in [3.8, 4) is 0 Å². The molecular formula is C15H10ClIN2O. The normalized spacial score (nSPS) is 10.7. The number of rotatable bonds is 2. The molecule has 0 unspecified atom stereocenters. The molecule has 20 heavy (non-hydrogen) atoms. The van der Waals surface area contributed by atoms with Crippen LogP contribution in [0.1, 0.15) is 10.4 Å². The van der Waals surface area contributed by atoms with Crippen molar-refractivity contribution in [1.82, 2.24) is 4.98 Å². The fraction of sp³-hybridized carbons (Fsp3) is 0. The fourth-order valence-electron chi connectivity index (χ4n) is 2.04. The van der Waals surface area contributed by atoms with Gasteiger partial charge >= 0.3 is 0 Å². The molecule has 3 nitrogen and oxygen atoms in total. The summed E-state index contributed by atoms with van der Waals surface area (Å²) in [6, 6.07) is 13.2. The van der Waals surface area contributed by atoms with E-state index in [0.29, 0.717) is 16.3 Å². The lowest BCUT2D eigenvalue weighted by Gasteiger charge is -2.07. The number of carbonyl (C=O) groups is 1. The number of halogens is 2. The Morgan fingerprint density at radius 1 is 1.20 bits per heavy atom. The number of carbonyl (C=O) groups excluding carboxylic acids is 1. The fourth-order valence-corrected chi connectivity index (χ4v) is 2.94. The van der Waals surface area contributed by atoms with E-state index < -0.39 is 0 Å². The van der Waals surface area contributed by atoms with Crippen LogP contribution < -0.4 is 5.32 Å². The maximum Gasteiger partial charge on any atom is 0.257 e. The molecule has 0 bridgehead atoms. The van der Waals surface area contributed by atoms with Crippen LogP contribution in [0.5, 0.6) is 0 Å². The summed E-state index contributed by atoms with van der Waals surface area (Å²) in [5.41, 5.74) is 2.16. The third-order valence-electron chi connectivity index (χ3n) is 3.01. The van der Waals surface area contributed by atoms with E-state index >= 15 is 0 Å². The number of hydrogen-bond acceptors (Lipinski definition) is 1. The molecule has 0 aliphatic heterocycles. The van der Waals surface area contributed by atoms with Crippen LogP contribution in [0.4, 0.5) is 5.69 Å². The number of nitrogens with one attached hydrogen (secondary N) is 2. The summed E-state index contributed by atoms with van der Waals surface area (Å²) in [7, 11) is 0. The van der Waals surface area contributed by atoms with Crippen molar-refractivity contribution in [2.24, 2.45) is 0 Å². The molecule has 3 aromatic rings. The number of amides is 1. The lowest BCUT2D eigenvalue weighted by Crippen LogP contribution is -2.11. The zero-order valence-corrected chi connectivity index (χ0v) is 13.2. The molecule has 1 heterocycles. The van der Waals surface area contributed by atoms with Crippen molar-refractivity contribution in [1.29, 1.82) is 0 Å². The number of benzene rings is 2. The molecule has 0 saturated heterocycles. The van der Waals surface area contributed by atoms with Gasteiger partial charge in [0.05, 0.1) is 16.3 Å². The minimum absolute atomic E-state index is 0.175. The molecule has 0 atom stereocenters. The summed E-state index contributed by atoms with van der Waals surface area (Å²) in [5, 5.41) is 4.27. The smallest absolute Gasteiger partial charge is 0.257 e. The second-order valence-electron chi connectivity index (χ2n) is 4.33. The third-order valence-corrected chi connectivity index (χ3v) is 4.00. The van der Waals surface area contributed by atoms with Crippen LogP contribution in [0.2, 0.25) is 5.02 Å². The number of aromatic nitrogens is 1. The Morgan fingerprint density at radius 3 is 2.80 bits per heavy atom. The van der Waals surface area contributed by atoms with E-state index in [1.54, 1.807) is 12.3 Å². The zero-order valence-electron chi connectivity index (χ0n) is 10.3. The lowest BCUT2D eigenvalue weighted by atomic mass is 10.1. The van der Waals surface area contributed by atoms with Crippen molar-refractivity contribution in [2.45, 2.75) is 0 Å². The summed E-state index contributed by atoms with van der Waals surface area (Å²) >= 11 is 8.30. The van der Waals surface area contributed by atoms with E-state index in [9.17, 15) is 4.79 Å². The van der Waals surface area contributed by atoms with Crippen LogP contribution in [-0.4, -0.2) is 10.9 Å². The van der Waals surface area contributed by atoms with Crippen LogP contribution in [0, 0.1) is 3.57 Å². The van der Waals surface area contributed by atoms with E-state index in [1.807, 2.05) is 36.4 Å². The molecule has 3 rings (SSSR count). The predicted molar refractivity (Wildman–Crippen MR) is 90.4 cm³/mol. The Labute approximate surface area is 134 Å². The van der Waals surface area contributed by atoms with E-state index in [0.717, 1.165) is 14.5 Å². The highest BCUT2D eigenvalue weighted by atomic mass is 127. The van der Waals surface area contributed by atoms with Gasteiger partial charge < -0.3 is 10.3 Å². The van der Waals surface area contributed by atoms with Crippen LogP contribution in [-0.2, 0) is 0 Å². The highest BCUT2D eigenvalue weighted by molar-refractivity contribution is 14.1. The van der Waals surface area contributed by atoms with Gasteiger partial charge in [-0.15, -0.1) is 0 Å². The summed E-state index contributed by atoms with van der Waals surface area (Å²) in [4.78, 5) is 15.4. The molecule has 1 aromatic heterocycles. The molecule has 100 valence electrons. The Bertz CT molecular complexity index is 797. The standard InChI is InChI=1S/C15H10ClIN2O/c16-12-7-9(17)5-6-14(12)19-15(20)11-8-18-13-4-2-1-3-10(11)13/h1-8,18H,(H,19,20). The monoisotopic (exact) mass is 396 g/mol. The van der Waals surface area contributed by atoms with Gasteiger partial charge in [-0.3, -0.25) is 4.79 Å². The average Bonchev–Trinajstić information content (AvgIpc) is 2.86. The number of anilines is 1. The molecule has 0 radical (unpaired) electrons. The van der Waals surface area contributed by atoms with Crippen molar-refractivity contribution in [3.63, 3.8) is 0 Å². The Kier molecular flexibility index (Phi) is 3.67. The summed E-state index contributed by atoms with van der Waals surface area (Å²) in [6.07, 6.45) is 1.71. The van der Waals surface area contributed by atoms with E-state index in [-0.39, 0.29) is 5.91 Å². The van der Waals surface area contributed by atoms with E-state index in [1.165, 1.54) is 0 Å². The predicted octanol–water partition coefficient (Wildman–Crippen LogP) is 4.68. The lowest BCUT2D eigenvalue weighted by molar-refractivity contribution is 0.102. The van der Waals surface area contributed by atoms with E-state index in [4.69, 9.17) is 11.6 Å².